The second-order valence-corrected chi connectivity index (χ2v) is 6.27. The third-order valence-electron chi connectivity index (χ3n) is 3.36. The summed E-state index contributed by atoms with van der Waals surface area (Å²) >= 11 is 8.77. The van der Waals surface area contributed by atoms with Crippen LogP contribution in [-0.4, -0.2) is 19.3 Å². The summed E-state index contributed by atoms with van der Waals surface area (Å²) < 4.78 is 11.6. The van der Waals surface area contributed by atoms with Gasteiger partial charge in [0.25, 0.3) is 0 Å². The summed E-state index contributed by atoms with van der Waals surface area (Å²) in [5.41, 5.74) is 1.99. The van der Waals surface area contributed by atoms with Crippen LogP contribution in [0.4, 0.5) is 5.69 Å². The van der Waals surface area contributed by atoms with E-state index in [0.29, 0.717) is 16.6 Å². The highest BCUT2D eigenvalue weighted by molar-refractivity contribution is 9.10. The number of nitrogens with one attached hydrogen (secondary N) is 2. The number of hydrogen-bond acceptors (Lipinski definition) is 3. The topological polar surface area (TPSA) is 42.5 Å². The maximum atomic E-state index is 5.37. The van der Waals surface area contributed by atoms with Crippen LogP contribution >= 0.6 is 28.1 Å². The molecule has 6 heteroatoms. The molecule has 2 aromatic rings. The van der Waals surface area contributed by atoms with Crippen molar-refractivity contribution in [2.24, 2.45) is 0 Å². The molecular formula is C17H19BrN2O2S. The highest BCUT2D eigenvalue weighted by Gasteiger charge is 2.11. The number of thiocarbonyl (C=S) groups is 1. The van der Waals surface area contributed by atoms with E-state index in [0.717, 1.165) is 15.7 Å². The molecule has 0 aliphatic carbocycles. The van der Waals surface area contributed by atoms with Gasteiger partial charge in [-0.25, -0.2) is 0 Å². The van der Waals surface area contributed by atoms with Crippen LogP contribution in [0.3, 0.4) is 0 Å². The number of benzene rings is 2. The molecule has 0 saturated carbocycles. The van der Waals surface area contributed by atoms with Gasteiger partial charge >= 0.3 is 0 Å². The van der Waals surface area contributed by atoms with Gasteiger partial charge in [-0.15, -0.1) is 0 Å². The second-order valence-electron chi connectivity index (χ2n) is 4.94. The standard InChI is InChI=1S/C17H19BrN2O2S/c1-11(12-4-9-15(21-2)16(10-12)22-3)19-17(23)20-14-7-5-13(18)6-8-14/h4-11H,1-3H3,(H2,19,20,23). The summed E-state index contributed by atoms with van der Waals surface area (Å²) in [4.78, 5) is 0. The van der Waals surface area contributed by atoms with Gasteiger partial charge in [0.2, 0.25) is 0 Å². The van der Waals surface area contributed by atoms with E-state index in [1.165, 1.54) is 0 Å². The Balaban J connectivity index is 2.01. The Morgan fingerprint density at radius 3 is 2.30 bits per heavy atom. The van der Waals surface area contributed by atoms with E-state index in [9.17, 15) is 0 Å². The van der Waals surface area contributed by atoms with Crippen LogP contribution in [0.2, 0.25) is 0 Å². The predicted molar refractivity (Wildman–Crippen MR) is 101 cm³/mol. The number of halogens is 1. The summed E-state index contributed by atoms with van der Waals surface area (Å²) in [6, 6.07) is 13.7. The van der Waals surface area contributed by atoms with Crippen LogP contribution < -0.4 is 20.1 Å². The van der Waals surface area contributed by atoms with Crippen LogP contribution in [0.25, 0.3) is 0 Å². The quantitative estimate of drug-likeness (QED) is 0.729. The van der Waals surface area contributed by atoms with Gasteiger partial charge in [0, 0.05) is 10.2 Å². The number of hydrogen-bond donors (Lipinski definition) is 2. The van der Waals surface area contributed by atoms with Crippen molar-refractivity contribution in [3.8, 4) is 11.5 Å². The van der Waals surface area contributed by atoms with Gasteiger partial charge in [-0.2, -0.15) is 0 Å². The number of rotatable bonds is 5. The lowest BCUT2D eigenvalue weighted by molar-refractivity contribution is 0.354. The highest BCUT2D eigenvalue weighted by Crippen LogP contribution is 2.29. The molecule has 1 unspecified atom stereocenters. The molecule has 0 aromatic heterocycles. The molecule has 0 saturated heterocycles. The van der Waals surface area contributed by atoms with Crippen molar-refractivity contribution < 1.29 is 9.47 Å². The van der Waals surface area contributed by atoms with Gasteiger partial charge in [-0.05, 0) is 61.1 Å². The smallest absolute Gasteiger partial charge is 0.171 e. The lowest BCUT2D eigenvalue weighted by Crippen LogP contribution is -2.30. The SMILES string of the molecule is COc1ccc(C(C)NC(=S)Nc2ccc(Br)cc2)cc1OC. The average molecular weight is 395 g/mol. The van der Waals surface area contributed by atoms with Gasteiger partial charge in [-0.3, -0.25) is 0 Å². The molecule has 4 nitrogen and oxygen atoms in total. The fourth-order valence-electron chi connectivity index (χ4n) is 2.10. The molecule has 0 radical (unpaired) electrons. The zero-order valence-electron chi connectivity index (χ0n) is 13.2. The summed E-state index contributed by atoms with van der Waals surface area (Å²) in [7, 11) is 3.25. The summed E-state index contributed by atoms with van der Waals surface area (Å²) in [6.45, 7) is 2.04. The van der Waals surface area contributed by atoms with E-state index in [1.807, 2.05) is 49.4 Å². The lowest BCUT2D eigenvalue weighted by Gasteiger charge is -2.19. The normalized spacial score (nSPS) is 11.5. The molecule has 0 aliphatic heterocycles. The minimum absolute atomic E-state index is 0.0326. The summed E-state index contributed by atoms with van der Waals surface area (Å²) in [5, 5.41) is 6.99. The maximum absolute atomic E-state index is 5.37. The maximum Gasteiger partial charge on any atom is 0.171 e. The Labute approximate surface area is 150 Å². The van der Waals surface area contributed by atoms with Gasteiger partial charge in [0.15, 0.2) is 16.6 Å². The third-order valence-corrected chi connectivity index (χ3v) is 4.11. The minimum atomic E-state index is 0.0326. The zero-order chi connectivity index (χ0) is 16.8. The average Bonchev–Trinajstić information content (AvgIpc) is 2.56. The Morgan fingerprint density at radius 1 is 1.04 bits per heavy atom. The molecule has 1 atom stereocenters. The molecule has 0 amide bonds. The minimum Gasteiger partial charge on any atom is -0.493 e. The molecule has 0 fully saturated rings. The summed E-state index contributed by atoms with van der Waals surface area (Å²) in [6.07, 6.45) is 0. The first-order chi connectivity index (χ1) is 11.0. The van der Waals surface area contributed by atoms with E-state index < -0.39 is 0 Å². The molecule has 0 spiro atoms. The zero-order valence-corrected chi connectivity index (χ0v) is 15.6. The van der Waals surface area contributed by atoms with Crippen LogP contribution in [0.5, 0.6) is 11.5 Å². The first kappa shape index (κ1) is 17.6. The predicted octanol–water partition coefficient (Wildman–Crippen LogP) is 4.51. The first-order valence-corrected chi connectivity index (χ1v) is 8.28. The van der Waals surface area contributed by atoms with E-state index in [4.69, 9.17) is 21.7 Å². The fraction of sp³-hybridized carbons (Fsp3) is 0.235. The molecule has 0 heterocycles. The van der Waals surface area contributed by atoms with Crippen molar-refractivity contribution in [2.75, 3.05) is 19.5 Å². The molecule has 2 aromatic carbocycles. The van der Waals surface area contributed by atoms with E-state index >= 15 is 0 Å². The van der Waals surface area contributed by atoms with Crippen molar-refractivity contribution >= 4 is 38.9 Å². The number of ether oxygens (including phenoxy) is 2. The Bertz CT molecular complexity index is 677. The molecule has 0 aliphatic rings. The largest absolute Gasteiger partial charge is 0.493 e. The van der Waals surface area contributed by atoms with E-state index in [-0.39, 0.29) is 6.04 Å². The fourth-order valence-corrected chi connectivity index (χ4v) is 2.66. The van der Waals surface area contributed by atoms with Crippen LogP contribution in [-0.2, 0) is 0 Å². The Kier molecular flexibility index (Phi) is 6.24. The van der Waals surface area contributed by atoms with Crippen molar-refractivity contribution in [2.45, 2.75) is 13.0 Å². The summed E-state index contributed by atoms with van der Waals surface area (Å²) in [5.74, 6) is 1.41. The van der Waals surface area contributed by atoms with Crippen LogP contribution in [0.1, 0.15) is 18.5 Å². The van der Waals surface area contributed by atoms with Gasteiger partial charge in [0.05, 0.1) is 20.3 Å². The van der Waals surface area contributed by atoms with Crippen molar-refractivity contribution in [3.05, 3.63) is 52.5 Å². The monoisotopic (exact) mass is 394 g/mol. The second kappa shape index (κ2) is 8.17. The molecule has 23 heavy (non-hydrogen) atoms. The highest BCUT2D eigenvalue weighted by atomic mass is 79.9. The number of methoxy groups -OCH3 is 2. The number of anilines is 1. The molecule has 2 N–H and O–H groups in total. The third kappa shape index (κ3) is 4.84. The molecule has 122 valence electrons. The lowest BCUT2D eigenvalue weighted by atomic mass is 10.1. The molecule has 2 rings (SSSR count). The van der Waals surface area contributed by atoms with Crippen LogP contribution in [0, 0.1) is 0 Å². The van der Waals surface area contributed by atoms with Crippen LogP contribution in [0.15, 0.2) is 46.9 Å². The first-order valence-electron chi connectivity index (χ1n) is 7.08. The van der Waals surface area contributed by atoms with E-state index in [2.05, 4.69) is 26.6 Å². The molecule has 0 bridgehead atoms. The van der Waals surface area contributed by atoms with Crippen molar-refractivity contribution in [1.29, 1.82) is 0 Å². The Hall–Kier alpha value is -1.79. The van der Waals surface area contributed by atoms with E-state index in [1.54, 1.807) is 14.2 Å². The van der Waals surface area contributed by atoms with Crippen molar-refractivity contribution in [1.82, 2.24) is 5.32 Å². The van der Waals surface area contributed by atoms with Crippen molar-refractivity contribution in [3.63, 3.8) is 0 Å². The van der Waals surface area contributed by atoms with Gasteiger partial charge < -0.3 is 20.1 Å². The van der Waals surface area contributed by atoms with Gasteiger partial charge in [0.1, 0.15) is 0 Å². The van der Waals surface area contributed by atoms with Gasteiger partial charge in [-0.1, -0.05) is 22.0 Å². The molecular weight excluding hydrogens is 376 g/mol. The Morgan fingerprint density at radius 2 is 1.70 bits per heavy atom.